The van der Waals surface area contributed by atoms with Crippen molar-refractivity contribution in [1.29, 1.82) is 0 Å². The van der Waals surface area contributed by atoms with Crippen molar-refractivity contribution in [2.45, 2.75) is 13.5 Å². The van der Waals surface area contributed by atoms with Crippen LogP contribution in [0.4, 0.5) is 4.39 Å². The van der Waals surface area contributed by atoms with E-state index >= 15 is 0 Å². The summed E-state index contributed by atoms with van der Waals surface area (Å²) in [5.41, 5.74) is 1.21. The summed E-state index contributed by atoms with van der Waals surface area (Å²) < 4.78 is 15.9. The summed E-state index contributed by atoms with van der Waals surface area (Å²) in [7, 11) is 0. The van der Waals surface area contributed by atoms with E-state index < -0.39 is 0 Å². The molecule has 0 atom stereocenters. The molecule has 0 unspecified atom stereocenters. The highest BCUT2D eigenvalue weighted by Crippen LogP contribution is 2.17. The molecule has 5 nitrogen and oxygen atoms in total. The number of imidazole rings is 1. The fourth-order valence-corrected chi connectivity index (χ4v) is 2.30. The third-order valence-corrected chi connectivity index (χ3v) is 3.72. The lowest BCUT2D eigenvalue weighted by Gasteiger charge is -2.25. The maximum absolute atomic E-state index is 14.2. The number of nitrogens with one attached hydrogen (secondary N) is 2. The van der Waals surface area contributed by atoms with E-state index in [2.05, 4.69) is 15.6 Å². The number of rotatable bonds is 4. The summed E-state index contributed by atoms with van der Waals surface area (Å²) >= 11 is 0. The molecule has 1 aromatic carbocycles. The van der Waals surface area contributed by atoms with Gasteiger partial charge in [-0.05, 0) is 24.6 Å². The predicted octanol–water partition coefficient (Wildman–Crippen LogP) is 1.58. The van der Waals surface area contributed by atoms with Crippen LogP contribution in [-0.4, -0.2) is 28.5 Å². The van der Waals surface area contributed by atoms with Gasteiger partial charge >= 0.3 is 0 Å². The number of aromatic nitrogens is 2. The van der Waals surface area contributed by atoms with Gasteiger partial charge in [0.25, 0.3) is 0 Å². The first kappa shape index (κ1) is 16.5. The molecule has 1 amide bonds. The summed E-state index contributed by atoms with van der Waals surface area (Å²) in [5.74, 6) is 0.465. The second kappa shape index (κ2) is 6.89. The molecule has 1 aliphatic heterocycles. The number of carbonyl (C=O) groups excluding carboxylic acids is 1. The fraction of sp³-hybridized carbons (Fsp3) is 0.333. The van der Waals surface area contributed by atoms with Crippen LogP contribution in [-0.2, 0) is 11.3 Å². The van der Waals surface area contributed by atoms with Crippen LogP contribution in [0.1, 0.15) is 11.4 Å². The van der Waals surface area contributed by atoms with E-state index in [-0.39, 0.29) is 30.0 Å². The molecule has 118 valence electrons. The highest BCUT2D eigenvalue weighted by Gasteiger charge is 2.24. The zero-order chi connectivity index (χ0) is 14.8. The molecule has 22 heavy (non-hydrogen) atoms. The molecule has 1 fully saturated rings. The molecule has 0 aliphatic carbocycles. The van der Waals surface area contributed by atoms with E-state index in [1.807, 2.05) is 13.0 Å². The van der Waals surface area contributed by atoms with Crippen molar-refractivity contribution in [3.8, 4) is 5.69 Å². The van der Waals surface area contributed by atoms with E-state index in [0.717, 1.165) is 24.5 Å². The lowest BCUT2D eigenvalue weighted by molar-refractivity contribution is -0.126. The first-order chi connectivity index (χ1) is 10.1. The maximum Gasteiger partial charge on any atom is 0.225 e. The fourth-order valence-electron chi connectivity index (χ4n) is 2.30. The highest BCUT2D eigenvalue weighted by molar-refractivity contribution is 5.85. The minimum absolute atomic E-state index is 0. The van der Waals surface area contributed by atoms with Crippen molar-refractivity contribution in [3.05, 3.63) is 47.8 Å². The maximum atomic E-state index is 14.2. The summed E-state index contributed by atoms with van der Waals surface area (Å²) in [6.07, 6.45) is 3.36. The molecule has 3 rings (SSSR count). The van der Waals surface area contributed by atoms with Crippen molar-refractivity contribution in [2.75, 3.05) is 13.1 Å². The van der Waals surface area contributed by atoms with Crippen LogP contribution in [0.3, 0.4) is 0 Å². The molecular weight excluding hydrogens is 307 g/mol. The minimum atomic E-state index is -0.326. The highest BCUT2D eigenvalue weighted by atomic mass is 35.5. The largest absolute Gasteiger partial charge is 0.352 e. The van der Waals surface area contributed by atoms with Crippen molar-refractivity contribution in [2.24, 2.45) is 5.92 Å². The molecule has 2 N–H and O–H groups in total. The Kier molecular flexibility index (Phi) is 5.15. The van der Waals surface area contributed by atoms with Crippen molar-refractivity contribution in [3.63, 3.8) is 0 Å². The van der Waals surface area contributed by atoms with Gasteiger partial charge in [0.05, 0.1) is 11.6 Å². The molecular formula is C15H18ClFN4O. The molecule has 1 aliphatic rings. The van der Waals surface area contributed by atoms with Gasteiger partial charge in [0.1, 0.15) is 11.6 Å². The Labute approximate surface area is 134 Å². The van der Waals surface area contributed by atoms with Gasteiger partial charge in [-0.1, -0.05) is 6.07 Å². The van der Waals surface area contributed by atoms with Crippen LogP contribution in [0.25, 0.3) is 5.69 Å². The van der Waals surface area contributed by atoms with Crippen LogP contribution >= 0.6 is 12.4 Å². The molecule has 1 saturated heterocycles. The van der Waals surface area contributed by atoms with Gasteiger partial charge in [-0.15, -0.1) is 12.4 Å². The van der Waals surface area contributed by atoms with E-state index in [1.165, 1.54) is 6.07 Å². The van der Waals surface area contributed by atoms with Crippen LogP contribution in [0.5, 0.6) is 0 Å². The van der Waals surface area contributed by atoms with Crippen LogP contribution in [0, 0.1) is 18.7 Å². The SMILES string of the molecule is Cc1nccn1-c1ccc(CNC(=O)C2CNC2)cc1F.Cl. The Balaban J connectivity index is 0.00000176. The number of nitrogens with zero attached hydrogens (tertiary/aromatic N) is 2. The first-order valence-corrected chi connectivity index (χ1v) is 6.92. The molecule has 2 heterocycles. The van der Waals surface area contributed by atoms with Gasteiger partial charge in [-0.25, -0.2) is 9.37 Å². The quantitative estimate of drug-likeness (QED) is 0.897. The summed E-state index contributed by atoms with van der Waals surface area (Å²) in [6.45, 7) is 3.60. The minimum Gasteiger partial charge on any atom is -0.352 e. The Morgan fingerprint density at radius 3 is 2.82 bits per heavy atom. The first-order valence-electron chi connectivity index (χ1n) is 6.92. The van der Waals surface area contributed by atoms with Crippen LogP contribution < -0.4 is 10.6 Å². The number of amides is 1. The average Bonchev–Trinajstić information content (AvgIpc) is 2.81. The standard InChI is InChI=1S/C15H17FN4O.ClH/c1-10-18-4-5-20(10)14-3-2-11(6-13(14)16)7-19-15(21)12-8-17-9-12;/h2-6,12,17H,7-9H2,1H3,(H,19,21);1H. The van der Waals surface area contributed by atoms with Crippen LogP contribution in [0.2, 0.25) is 0 Å². The molecule has 0 spiro atoms. The van der Waals surface area contributed by atoms with Gasteiger partial charge in [0.2, 0.25) is 5.91 Å². The second-order valence-corrected chi connectivity index (χ2v) is 5.20. The number of aryl methyl sites for hydroxylation is 1. The number of hydrogen-bond donors (Lipinski definition) is 2. The van der Waals surface area contributed by atoms with Crippen molar-refractivity contribution < 1.29 is 9.18 Å². The Bertz CT molecular complexity index is 669. The summed E-state index contributed by atoms with van der Waals surface area (Å²) in [4.78, 5) is 15.8. The molecule has 1 aromatic heterocycles. The van der Waals surface area contributed by atoms with Gasteiger partial charge in [0, 0.05) is 32.0 Å². The van der Waals surface area contributed by atoms with Crippen LogP contribution in [0.15, 0.2) is 30.6 Å². The smallest absolute Gasteiger partial charge is 0.225 e. The summed E-state index contributed by atoms with van der Waals surface area (Å²) in [5, 5.41) is 5.88. The average molecular weight is 325 g/mol. The molecule has 7 heteroatoms. The lowest BCUT2D eigenvalue weighted by atomic mass is 10.0. The summed E-state index contributed by atoms with van der Waals surface area (Å²) in [6, 6.07) is 4.97. The molecule has 0 radical (unpaired) electrons. The zero-order valence-electron chi connectivity index (χ0n) is 12.2. The lowest BCUT2D eigenvalue weighted by Crippen LogP contribution is -2.50. The van der Waals surface area contributed by atoms with Crippen molar-refractivity contribution in [1.82, 2.24) is 20.2 Å². The second-order valence-electron chi connectivity index (χ2n) is 5.20. The van der Waals surface area contributed by atoms with Gasteiger partial charge < -0.3 is 15.2 Å². The number of carbonyl (C=O) groups is 1. The van der Waals surface area contributed by atoms with E-state index in [4.69, 9.17) is 0 Å². The topological polar surface area (TPSA) is 59.0 Å². The predicted molar refractivity (Wildman–Crippen MR) is 83.7 cm³/mol. The van der Waals surface area contributed by atoms with Gasteiger partial charge in [-0.3, -0.25) is 4.79 Å². The van der Waals surface area contributed by atoms with Gasteiger partial charge in [-0.2, -0.15) is 0 Å². The Morgan fingerprint density at radius 1 is 1.50 bits per heavy atom. The van der Waals surface area contributed by atoms with E-state index in [1.54, 1.807) is 23.0 Å². The number of hydrogen-bond acceptors (Lipinski definition) is 3. The molecule has 0 bridgehead atoms. The Morgan fingerprint density at radius 2 is 2.27 bits per heavy atom. The normalized spacial score (nSPS) is 14.1. The van der Waals surface area contributed by atoms with E-state index in [9.17, 15) is 9.18 Å². The molecule has 0 saturated carbocycles. The Hall–Kier alpha value is -1.92. The van der Waals surface area contributed by atoms with Crippen molar-refractivity contribution >= 4 is 18.3 Å². The van der Waals surface area contributed by atoms with Gasteiger partial charge in [0.15, 0.2) is 0 Å². The molecule has 2 aromatic rings. The third-order valence-electron chi connectivity index (χ3n) is 3.72. The van der Waals surface area contributed by atoms with E-state index in [0.29, 0.717) is 12.2 Å². The monoisotopic (exact) mass is 324 g/mol. The number of benzene rings is 1. The zero-order valence-corrected chi connectivity index (χ0v) is 13.0. The third kappa shape index (κ3) is 3.28. The number of halogens is 2.